The number of amides is 3. The predicted octanol–water partition coefficient (Wildman–Crippen LogP) is 1.02. The summed E-state index contributed by atoms with van der Waals surface area (Å²) in [4.78, 5) is 42.2. The largest absolute Gasteiger partial charge is 0.361 e. The van der Waals surface area contributed by atoms with E-state index in [0.717, 1.165) is 29.8 Å². The van der Waals surface area contributed by atoms with Gasteiger partial charge in [-0.3, -0.25) is 19.1 Å². The smallest absolute Gasteiger partial charge is 0.272 e. The molecule has 4 rings (SSSR count). The van der Waals surface area contributed by atoms with E-state index in [1.807, 2.05) is 21.0 Å². The molecule has 0 fully saturated rings. The molecule has 1 aliphatic heterocycles. The average molecular weight is 457 g/mol. The van der Waals surface area contributed by atoms with E-state index in [1.54, 1.807) is 20.5 Å². The van der Waals surface area contributed by atoms with Gasteiger partial charge in [0, 0.05) is 63.5 Å². The highest BCUT2D eigenvalue weighted by molar-refractivity contribution is 5.94. The van der Waals surface area contributed by atoms with Gasteiger partial charge in [-0.25, -0.2) is 0 Å². The first kappa shape index (κ1) is 23.0. The molecule has 3 heterocycles. The number of fused-ring (bicyclic) bond motifs is 1. The summed E-state index contributed by atoms with van der Waals surface area (Å²) in [5.74, 6) is 0.310. The van der Waals surface area contributed by atoms with Crippen molar-refractivity contribution in [3.63, 3.8) is 0 Å². The lowest BCUT2D eigenvalue weighted by Crippen LogP contribution is -2.41. The van der Waals surface area contributed by atoms with E-state index < -0.39 is 0 Å². The van der Waals surface area contributed by atoms with Crippen LogP contribution in [0.15, 0.2) is 10.6 Å². The molecular formula is C23H32N6O4. The summed E-state index contributed by atoms with van der Waals surface area (Å²) in [6, 6.07) is 1.79. The molecule has 1 atom stereocenters. The molecule has 3 amide bonds. The number of aryl methyl sites for hydroxylation is 2. The van der Waals surface area contributed by atoms with Gasteiger partial charge in [-0.1, -0.05) is 5.16 Å². The molecule has 1 unspecified atom stereocenters. The average Bonchev–Trinajstić information content (AvgIpc) is 3.35. The van der Waals surface area contributed by atoms with Crippen molar-refractivity contribution >= 4 is 17.7 Å². The fourth-order valence-electron chi connectivity index (χ4n) is 4.76. The predicted molar refractivity (Wildman–Crippen MR) is 119 cm³/mol. The van der Waals surface area contributed by atoms with Crippen LogP contribution in [0.5, 0.6) is 0 Å². The van der Waals surface area contributed by atoms with Crippen molar-refractivity contribution in [1.82, 2.24) is 30.1 Å². The van der Waals surface area contributed by atoms with Crippen LogP contribution in [0.25, 0.3) is 0 Å². The number of hydrogen-bond donors (Lipinski definition) is 1. The third-order valence-corrected chi connectivity index (χ3v) is 6.65. The quantitative estimate of drug-likeness (QED) is 0.722. The van der Waals surface area contributed by atoms with Gasteiger partial charge in [0.25, 0.3) is 5.91 Å². The van der Waals surface area contributed by atoms with E-state index in [0.29, 0.717) is 56.8 Å². The molecule has 1 aliphatic carbocycles. The number of carbonyl (C=O) groups excluding carboxylic acids is 3. The molecule has 0 aromatic carbocycles. The molecule has 2 bridgehead atoms. The zero-order chi connectivity index (χ0) is 23.5. The molecule has 10 nitrogen and oxygen atoms in total. The molecule has 10 heteroatoms. The molecule has 2 aromatic heterocycles. The van der Waals surface area contributed by atoms with E-state index in [2.05, 4.69) is 15.6 Å². The number of nitrogens with zero attached hydrogens (tertiary/aromatic N) is 5. The monoisotopic (exact) mass is 456 g/mol. The van der Waals surface area contributed by atoms with Gasteiger partial charge < -0.3 is 19.6 Å². The molecule has 2 aliphatic rings. The van der Waals surface area contributed by atoms with Crippen molar-refractivity contribution in [2.75, 3.05) is 26.7 Å². The summed E-state index contributed by atoms with van der Waals surface area (Å²) >= 11 is 0. The van der Waals surface area contributed by atoms with Gasteiger partial charge in [0.05, 0.1) is 12.1 Å². The first-order chi connectivity index (χ1) is 15.8. The number of hydrogen-bond acceptors (Lipinski definition) is 6. The van der Waals surface area contributed by atoms with E-state index >= 15 is 0 Å². The Morgan fingerprint density at radius 2 is 2.00 bits per heavy atom. The van der Waals surface area contributed by atoms with Crippen LogP contribution in [0.3, 0.4) is 0 Å². The fourth-order valence-corrected chi connectivity index (χ4v) is 4.76. The van der Waals surface area contributed by atoms with Crippen LogP contribution in [0.1, 0.15) is 58.9 Å². The number of carbonyl (C=O) groups is 3. The van der Waals surface area contributed by atoms with Gasteiger partial charge in [-0.2, -0.15) is 5.10 Å². The summed E-state index contributed by atoms with van der Waals surface area (Å²) < 4.78 is 6.98. The van der Waals surface area contributed by atoms with Crippen molar-refractivity contribution in [2.24, 2.45) is 7.05 Å². The van der Waals surface area contributed by atoms with Gasteiger partial charge in [-0.05, 0) is 39.0 Å². The summed E-state index contributed by atoms with van der Waals surface area (Å²) in [5, 5.41) is 11.3. The Hall–Kier alpha value is -3.17. The normalized spacial score (nSPS) is 20.3. The summed E-state index contributed by atoms with van der Waals surface area (Å²) in [7, 11) is 3.70. The number of likely N-dealkylation sites (N-methyl/N-ethyl adjacent to an activating group) is 1. The second-order valence-electron chi connectivity index (χ2n) is 9.00. The lowest BCUT2D eigenvalue weighted by atomic mass is 9.90. The van der Waals surface area contributed by atoms with Crippen LogP contribution >= 0.6 is 0 Å². The third-order valence-electron chi connectivity index (χ3n) is 6.65. The van der Waals surface area contributed by atoms with Crippen molar-refractivity contribution in [2.45, 2.75) is 57.9 Å². The second-order valence-corrected chi connectivity index (χ2v) is 9.00. The SMILES string of the molecule is Cc1cc(CC(=O)N2CCCNC(=O)c3nn(C)c4c3CC(CC4)N(C)C(=O)CCC2)on1. The van der Waals surface area contributed by atoms with Crippen LogP contribution in [0.4, 0.5) is 0 Å². The van der Waals surface area contributed by atoms with Crippen molar-refractivity contribution in [3.8, 4) is 0 Å². The third kappa shape index (κ3) is 5.09. The maximum Gasteiger partial charge on any atom is 0.272 e. The fraction of sp³-hybridized carbons (Fsp3) is 0.609. The Bertz CT molecular complexity index is 1040. The molecular weight excluding hydrogens is 424 g/mol. The van der Waals surface area contributed by atoms with Crippen molar-refractivity contribution < 1.29 is 18.9 Å². The summed E-state index contributed by atoms with van der Waals surface area (Å²) in [6.45, 7) is 3.22. The highest BCUT2D eigenvalue weighted by atomic mass is 16.5. The zero-order valence-electron chi connectivity index (χ0n) is 19.6. The molecule has 0 radical (unpaired) electrons. The van der Waals surface area contributed by atoms with E-state index in [4.69, 9.17) is 4.52 Å². The van der Waals surface area contributed by atoms with Crippen molar-refractivity contribution in [3.05, 3.63) is 34.5 Å². The Labute approximate surface area is 193 Å². The molecule has 178 valence electrons. The Morgan fingerprint density at radius 1 is 1.21 bits per heavy atom. The van der Waals surface area contributed by atoms with Gasteiger partial charge in [-0.15, -0.1) is 0 Å². The molecule has 0 spiro atoms. The summed E-state index contributed by atoms with van der Waals surface area (Å²) in [6.07, 6.45) is 3.97. The van der Waals surface area contributed by atoms with E-state index in [-0.39, 0.29) is 30.2 Å². The van der Waals surface area contributed by atoms with Crippen LogP contribution in [0, 0.1) is 6.92 Å². The molecule has 2 aromatic rings. The minimum Gasteiger partial charge on any atom is -0.361 e. The Morgan fingerprint density at radius 3 is 2.76 bits per heavy atom. The lowest BCUT2D eigenvalue weighted by molar-refractivity contribution is -0.134. The number of rotatable bonds is 2. The Balaban J connectivity index is 1.50. The molecule has 33 heavy (non-hydrogen) atoms. The minimum absolute atomic E-state index is 0.0401. The number of nitrogens with one attached hydrogen (secondary N) is 1. The molecule has 0 saturated heterocycles. The lowest BCUT2D eigenvalue weighted by Gasteiger charge is -2.32. The first-order valence-corrected chi connectivity index (χ1v) is 11.6. The summed E-state index contributed by atoms with van der Waals surface area (Å²) in [5.41, 5.74) is 3.19. The maximum absolute atomic E-state index is 12.9. The topological polar surface area (TPSA) is 114 Å². The van der Waals surface area contributed by atoms with Gasteiger partial charge in [0.1, 0.15) is 5.76 Å². The highest BCUT2D eigenvalue weighted by Crippen LogP contribution is 2.27. The van der Waals surface area contributed by atoms with E-state index in [9.17, 15) is 14.4 Å². The first-order valence-electron chi connectivity index (χ1n) is 11.6. The van der Waals surface area contributed by atoms with Gasteiger partial charge in [0.2, 0.25) is 11.8 Å². The number of aromatic nitrogens is 3. The van der Waals surface area contributed by atoms with Gasteiger partial charge >= 0.3 is 0 Å². The Kier molecular flexibility index (Phi) is 6.80. The van der Waals surface area contributed by atoms with E-state index in [1.165, 1.54) is 0 Å². The zero-order valence-corrected chi connectivity index (χ0v) is 19.6. The van der Waals surface area contributed by atoms with Crippen LogP contribution in [-0.4, -0.2) is 75.2 Å². The second kappa shape index (κ2) is 9.76. The van der Waals surface area contributed by atoms with Crippen LogP contribution in [-0.2, 0) is 35.9 Å². The maximum atomic E-state index is 12.9. The molecule has 0 saturated carbocycles. The molecule has 1 N–H and O–H groups in total. The van der Waals surface area contributed by atoms with Crippen LogP contribution in [0.2, 0.25) is 0 Å². The minimum atomic E-state index is -0.202. The standard InChI is InChI=1S/C23H32N6O4/c1-15-12-17(33-26-15)14-21(31)29-10-4-6-20(30)27(2)16-7-8-19-18(13-16)22(25-28(19)3)23(32)24-9-5-11-29/h12,16H,4-11,13-14H2,1-3H3,(H,24,32). The van der Waals surface area contributed by atoms with Crippen LogP contribution < -0.4 is 5.32 Å². The highest BCUT2D eigenvalue weighted by Gasteiger charge is 2.31. The van der Waals surface area contributed by atoms with Crippen molar-refractivity contribution in [1.29, 1.82) is 0 Å². The van der Waals surface area contributed by atoms with Gasteiger partial charge in [0.15, 0.2) is 5.69 Å².